The smallest absolute Gasteiger partial charge is 0.230 e. The summed E-state index contributed by atoms with van der Waals surface area (Å²) in [5.74, 6) is -0.285. The molecular formula is C18H26FNO2. The lowest BCUT2D eigenvalue weighted by Gasteiger charge is -2.40. The van der Waals surface area contributed by atoms with E-state index in [1.165, 1.54) is 12.1 Å². The van der Waals surface area contributed by atoms with Crippen LogP contribution in [0.3, 0.4) is 0 Å². The molecule has 122 valence electrons. The van der Waals surface area contributed by atoms with E-state index in [1.54, 1.807) is 6.07 Å². The van der Waals surface area contributed by atoms with E-state index >= 15 is 0 Å². The molecule has 22 heavy (non-hydrogen) atoms. The SMILES string of the molecule is CC(C)(CO)CCCNC(=O)C1(c2cccc(F)c2)CCC1. The molecule has 0 unspecified atom stereocenters. The largest absolute Gasteiger partial charge is 0.396 e. The van der Waals surface area contributed by atoms with E-state index < -0.39 is 5.41 Å². The second kappa shape index (κ2) is 6.78. The number of carbonyl (C=O) groups is 1. The lowest BCUT2D eigenvalue weighted by atomic mass is 9.64. The summed E-state index contributed by atoms with van der Waals surface area (Å²) in [6.45, 7) is 4.76. The Kier molecular flexibility index (Phi) is 5.22. The Bertz CT molecular complexity index is 524. The molecular weight excluding hydrogens is 281 g/mol. The van der Waals surface area contributed by atoms with Crippen molar-refractivity contribution < 1.29 is 14.3 Å². The Labute approximate surface area is 131 Å². The van der Waals surface area contributed by atoms with Crippen molar-refractivity contribution in [2.24, 2.45) is 5.41 Å². The predicted octanol–water partition coefficient (Wildman–Crippen LogP) is 3.16. The van der Waals surface area contributed by atoms with E-state index in [0.717, 1.165) is 37.7 Å². The van der Waals surface area contributed by atoms with Crippen LogP contribution in [0.5, 0.6) is 0 Å². The molecule has 0 atom stereocenters. The summed E-state index contributed by atoms with van der Waals surface area (Å²) in [5, 5.41) is 12.2. The van der Waals surface area contributed by atoms with Crippen LogP contribution in [-0.2, 0) is 10.2 Å². The molecule has 0 aliphatic heterocycles. The fourth-order valence-electron chi connectivity index (χ4n) is 2.98. The monoisotopic (exact) mass is 307 g/mol. The van der Waals surface area contributed by atoms with Gasteiger partial charge in [-0.3, -0.25) is 4.79 Å². The number of rotatable bonds is 7. The summed E-state index contributed by atoms with van der Waals surface area (Å²) in [7, 11) is 0. The highest BCUT2D eigenvalue weighted by Crippen LogP contribution is 2.44. The maximum absolute atomic E-state index is 13.4. The second-order valence-electron chi connectivity index (χ2n) is 7.13. The van der Waals surface area contributed by atoms with E-state index in [-0.39, 0.29) is 23.7 Å². The van der Waals surface area contributed by atoms with Gasteiger partial charge >= 0.3 is 0 Å². The van der Waals surface area contributed by atoms with Crippen LogP contribution in [0.4, 0.5) is 4.39 Å². The van der Waals surface area contributed by atoms with Gasteiger partial charge in [-0.25, -0.2) is 4.39 Å². The highest BCUT2D eigenvalue weighted by molar-refractivity contribution is 5.89. The van der Waals surface area contributed by atoms with Crippen LogP contribution in [0.2, 0.25) is 0 Å². The highest BCUT2D eigenvalue weighted by atomic mass is 19.1. The topological polar surface area (TPSA) is 49.3 Å². The molecule has 1 fully saturated rings. The summed E-state index contributed by atoms with van der Waals surface area (Å²) in [6.07, 6.45) is 4.26. The summed E-state index contributed by atoms with van der Waals surface area (Å²) in [6, 6.07) is 6.40. The summed E-state index contributed by atoms with van der Waals surface area (Å²) in [5.41, 5.74) is 0.127. The van der Waals surface area contributed by atoms with Gasteiger partial charge in [-0.05, 0) is 48.8 Å². The van der Waals surface area contributed by atoms with Gasteiger partial charge in [0.2, 0.25) is 5.91 Å². The number of hydrogen-bond donors (Lipinski definition) is 2. The number of aliphatic hydroxyl groups excluding tert-OH is 1. The van der Waals surface area contributed by atoms with Crippen molar-refractivity contribution in [1.82, 2.24) is 5.32 Å². The molecule has 0 radical (unpaired) electrons. The average molecular weight is 307 g/mol. The molecule has 0 aromatic heterocycles. The normalized spacial score (nSPS) is 16.9. The molecule has 3 nitrogen and oxygen atoms in total. The number of halogens is 1. The predicted molar refractivity (Wildman–Crippen MR) is 85.0 cm³/mol. The van der Waals surface area contributed by atoms with E-state index in [9.17, 15) is 14.3 Å². The number of benzene rings is 1. The van der Waals surface area contributed by atoms with E-state index in [2.05, 4.69) is 5.32 Å². The standard InChI is InChI=1S/C18H26FNO2/c1-17(2,13-21)8-5-11-20-16(22)18(9-4-10-18)14-6-3-7-15(19)12-14/h3,6-7,12,21H,4-5,8-11,13H2,1-2H3,(H,20,22). The van der Waals surface area contributed by atoms with Crippen LogP contribution in [0, 0.1) is 11.2 Å². The van der Waals surface area contributed by atoms with Gasteiger partial charge < -0.3 is 10.4 Å². The van der Waals surface area contributed by atoms with Gasteiger partial charge in [-0.1, -0.05) is 32.4 Å². The molecule has 4 heteroatoms. The fourth-order valence-corrected chi connectivity index (χ4v) is 2.98. The Morgan fingerprint density at radius 3 is 2.68 bits per heavy atom. The van der Waals surface area contributed by atoms with Gasteiger partial charge in [0.15, 0.2) is 0 Å². The molecule has 1 aliphatic carbocycles. The number of nitrogens with one attached hydrogen (secondary N) is 1. The van der Waals surface area contributed by atoms with E-state index in [1.807, 2.05) is 19.9 Å². The minimum absolute atomic E-state index is 0.00570. The molecule has 1 saturated carbocycles. The molecule has 1 amide bonds. The van der Waals surface area contributed by atoms with Crippen molar-refractivity contribution in [3.8, 4) is 0 Å². The molecule has 0 heterocycles. The third-order valence-corrected chi connectivity index (χ3v) is 4.76. The zero-order valence-corrected chi connectivity index (χ0v) is 13.5. The van der Waals surface area contributed by atoms with E-state index in [4.69, 9.17) is 0 Å². The number of carbonyl (C=O) groups excluding carboxylic acids is 1. The Hall–Kier alpha value is -1.42. The molecule has 1 aromatic carbocycles. The Morgan fingerprint density at radius 1 is 1.41 bits per heavy atom. The molecule has 0 spiro atoms. The van der Waals surface area contributed by atoms with Gasteiger partial charge in [-0.15, -0.1) is 0 Å². The second-order valence-corrected chi connectivity index (χ2v) is 7.13. The van der Waals surface area contributed by atoms with Gasteiger partial charge in [0.1, 0.15) is 5.82 Å². The van der Waals surface area contributed by atoms with Crippen LogP contribution >= 0.6 is 0 Å². The first-order chi connectivity index (χ1) is 10.4. The number of aliphatic hydroxyl groups is 1. The zero-order valence-electron chi connectivity index (χ0n) is 13.5. The van der Waals surface area contributed by atoms with Crippen LogP contribution < -0.4 is 5.32 Å². The van der Waals surface area contributed by atoms with Crippen LogP contribution in [0.1, 0.15) is 51.5 Å². The summed E-state index contributed by atoms with van der Waals surface area (Å²) in [4.78, 5) is 12.6. The average Bonchev–Trinajstić information content (AvgIpc) is 2.43. The first kappa shape index (κ1) is 16.9. The highest BCUT2D eigenvalue weighted by Gasteiger charge is 2.45. The zero-order chi connectivity index (χ0) is 16.2. The van der Waals surface area contributed by atoms with Gasteiger partial charge in [-0.2, -0.15) is 0 Å². The minimum Gasteiger partial charge on any atom is -0.396 e. The van der Waals surface area contributed by atoms with Gasteiger partial charge in [0.05, 0.1) is 5.41 Å². The maximum Gasteiger partial charge on any atom is 0.230 e. The first-order valence-electron chi connectivity index (χ1n) is 8.05. The Balaban J connectivity index is 1.93. The molecule has 1 aliphatic rings. The molecule has 2 N–H and O–H groups in total. The molecule has 2 rings (SSSR count). The van der Waals surface area contributed by atoms with Gasteiger partial charge in [0, 0.05) is 13.2 Å². The Morgan fingerprint density at radius 2 is 2.14 bits per heavy atom. The first-order valence-corrected chi connectivity index (χ1v) is 8.05. The third-order valence-electron chi connectivity index (χ3n) is 4.76. The van der Waals surface area contributed by atoms with Crippen molar-refractivity contribution in [2.45, 2.75) is 51.4 Å². The van der Waals surface area contributed by atoms with Gasteiger partial charge in [0.25, 0.3) is 0 Å². The van der Waals surface area contributed by atoms with Crippen molar-refractivity contribution >= 4 is 5.91 Å². The number of hydrogen-bond acceptors (Lipinski definition) is 2. The molecule has 0 saturated heterocycles. The lowest BCUT2D eigenvalue weighted by molar-refractivity contribution is -0.129. The third kappa shape index (κ3) is 3.67. The van der Waals surface area contributed by atoms with Crippen molar-refractivity contribution in [1.29, 1.82) is 0 Å². The summed E-state index contributed by atoms with van der Waals surface area (Å²) >= 11 is 0. The minimum atomic E-state index is -0.547. The van der Waals surface area contributed by atoms with Crippen molar-refractivity contribution in [3.05, 3.63) is 35.6 Å². The summed E-state index contributed by atoms with van der Waals surface area (Å²) < 4.78 is 13.4. The van der Waals surface area contributed by atoms with Crippen LogP contribution in [0.25, 0.3) is 0 Å². The maximum atomic E-state index is 13.4. The quantitative estimate of drug-likeness (QED) is 0.760. The number of amides is 1. The van der Waals surface area contributed by atoms with E-state index in [0.29, 0.717) is 6.54 Å². The lowest BCUT2D eigenvalue weighted by Crippen LogP contribution is -2.49. The van der Waals surface area contributed by atoms with Crippen molar-refractivity contribution in [3.63, 3.8) is 0 Å². The molecule has 0 bridgehead atoms. The van der Waals surface area contributed by atoms with Crippen LogP contribution in [0.15, 0.2) is 24.3 Å². The fraction of sp³-hybridized carbons (Fsp3) is 0.611. The van der Waals surface area contributed by atoms with Crippen LogP contribution in [-0.4, -0.2) is 24.2 Å². The van der Waals surface area contributed by atoms with Crippen molar-refractivity contribution in [2.75, 3.05) is 13.2 Å². The molecule has 1 aromatic rings.